The van der Waals surface area contributed by atoms with Crippen molar-refractivity contribution < 1.29 is 14.3 Å². The minimum absolute atomic E-state index is 0. The van der Waals surface area contributed by atoms with E-state index in [1.807, 2.05) is 0 Å². The Morgan fingerprint density at radius 2 is 2.12 bits per heavy atom. The number of nitrogens with two attached hydrogens (primary N) is 1. The van der Waals surface area contributed by atoms with Gasteiger partial charge in [0.15, 0.2) is 0 Å². The summed E-state index contributed by atoms with van der Waals surface area (Å²) in [7, 11) is 1.62. The van der Waals surface area contributed by atoms with Gasteiger partial charge in [-0.25, -0.2) is 0 Å². The predicted octanol–water partition coefficient (Wildman–Crippen LogP) is 0.315. The van der Waals surface area contributed by atoms with Crippen molar-refractivity contribution in [1.82, 2.24) is 5.32 Å². The number of carbonyl (C=O) groups excluding carboxylic acids is 1. The molecular formula is C11H23ClN2O3. The van der Waals surface area contributed by atoms with Crippen LogP contribution in [0.4, 0.5) is 0 Å². The van der Waals surface area contributed by atoms with E-state index in [1.165, 1.54) is 12.8 Å². The third-order valence-electron chi connectivity index (χ3n) is 2.70. The molecule has 1 fully saturated rings. The Labute approximate surface area is 109 Å². The minimum atomic E-state index is 0. The summed E-state index contributed by atoms with van der Waals surface area (Å²) in [5.74, 6) is 0.628. The molecule has 1 saturated carbocycles. The molecule has 0 spiro atoms. The predicted molar refractivity (Wildman–Crippen MR) is 68.3 cm³/mol. The third kappa shape index (κ3) is 7.54. The van der Waals surface area contributed by atoms with Crippen molar-refractivity contribution in [2.45, 2.75) is 25.3 Å². The summed E-state index contributed by atoms with van der Waals surface area (Å²) in [6, 6.07) is 0.159. The van der Waals surface area contributed by atoms with E-state index in [2.05, 4.69) is 5.32 Å². The van der Waals surface area contributed by atoms with Crippen molar-refractivity contribution >= 4 is 18.3 Å². The number of nitrogens with one attached hydrogen (secondary N) is 1. The molecule has 0 radical (unpaired) electrons. The number of amides is 1. The topological polar surface area (TPSA) is 73.6 Å². The zero-order chi connectivity index (χ0) is 11.8. The minimum Gasteiger partial charge on any atom is -0.382 e. The lowest BCUT2D eigenvalue weighted by atomic mass is 10.2. The van der Waals surface area contributed by atoms with Crippen LogP contribution in [0.5, 0.6) is 0 Å². The summed E-state index contributed by atoms with van der Waals surface area (Å²) in [6.07, 6.45) is 2.77. The van der Waals surface area contributed by atoms with Gasteiger partial charge in [-0.3, -0.25) is 4.79 Å². The molecule has 102 valence electrons. The van der Waals surface area contributed by atoms with Crippen LogP contribution in [-0.4, -0.2) is 45.4 Å². The second-order valence-corrected chi connectivity index (χ2v) is 4.10. The van der Waals surface area contributed by atoms with Crippen LogP contribution in [0.15, 0.2) is 0 Å². The molecule has 5 nitrogen and oxygen atoms in total. The van der Waals surface area contributed by atoms with Crippen LogP contribution in [-0.2, 0) is 14.3 Å². The van der Waals surface area contributed by atoms with Crippen LogP contribution >= 0.6 is 12.4 Å². The van der Waals surface area contributed by atoms with Gasteiger partial charge in [0.05, 0.1) is 19.8 Å². The van der Waals surface area contributed by atoms with Gasteiger partial charge in [0.25, 0.3) is 0 Å². The maximum atomic E-state index is 11.5. The average molecular weight is 267 g/mol. The maximum absolute atomic E-state index is 11.5. The summed E-state index contributed by atoms with van der Waals surface area (Å²) in [5.41, 5.74) is 5.59. The highest BCUT2D eigenvalue weighted by Crippen LogP contribution is 2.32. The lowest BCUT2D eigenvalue weighted by Gasteiger charge is -2.15. The highest BCUT2D eigenvalue weighted by molar-refractivity contribution is 5.85. The number of rotatable bonds is 9. The molecule has 1 atom stereocenters. The molecule has 0 aromatic heterocycles. The smallest absolute Gasteiger partial charge is 0.222 e. The molecule has 1 rings (SSSR count). The van der Waals surface area contributed by atoms with Gasteiger partial charge in [0.1, 0.15) is 0 Å². The Bertz CT molecular complexity index is 213. The zero-order valence-corrected chi connectivity index (χ0v) is 11.1. The first kappa shape index (κ1) is 16.6. The van der Waals surface area contributed by atoms with E-state index in [0.29, 0.717) is 38.7 Å². The summed E-state index contributed by atoms with van der Waals surface area (Å²) in [5, 5.41) is 2.94. The molecule has 1 aliphatic rings. The summed E-state index contributed by atoms with van der Waals surface area (Å²) < 4.78 is 10.0. The van der Waals surface area contributed by atoms with E-state index in [0.717, 1.165) is 0 Å². The van der Waals surface area contributed by atoms with Crippen LogP contribution < -0.4 is 11.1 Å². The fourth-order valence-electron chi connectivity index (χ4n) is 1.56. The molecule has 0 aromatic rings. The Morgan fingerprint density at radius 3 is 2.65 bits per heavy atom. The average Bonchev–Trinajstić information content (AvgIpc) is 3.09. The van der Waals surface area contributed by atoms with Gasteiger partial charge in [-0.15, -0.1) is 12.4 Å². The lowest BCUT2D eigenvalue weighted by molar-refractivity contribution is -0.123. The molecule has 0 heterocycles. The molecule has 17 heavy (non-hydrogen) atoms. The van der Waals surface area contributed by atoms with Crippen molar-refractivity contribution in [3.63, 3.8) is 0 Å². The van der Waals surface area contributed by atoms with E-state index >= 15 is 0 Å². The number of methoxy groups -OCH3 is 1. The molecular weight excluding hydrogens is 244 g/mol. The van der Waals surface area contributed by atoms with Gasteiger partial charge < -0.3 is 20.5 Å². The van der Waals surface area contributed by atoms with E-state index in [-0.39, 0.29) is 24.4 Å². The van der Waals surface area contributed by atoms with Crippen molar-refractivity contribution in [1.29, 1.82) is 0 Å². The molecule has 0 aliphatic heterocycles. The van der Waals surface area contributed by atoms with E-state index in [9.17, 15) is 4.79 Å². The largest absolute Gasteiger partial charge is 0.382 e. The Morgan fingerprint density at radius 1 is 1.41 bits per heavy atom. The normalized spacial score (nSPS) is 16.1. The van der Waals surface area contributed by atoms with Crippen LogP contribution in [0, 0.1) is 5.92 Å². The molecule has 6 heteroatoms. The standard InChI is InChI=1S/C11H22N2O3.ClH/c1-15-6-7-16-5-4-11(14)13-10(8-12)9-2-3-9;/h9-10H,2-8,12H2,1H3,(H,13,14);1H. The Kier molecular flexibility index (Phi) is 9.44. The molecule has 3 N–H and O–H groups in total. The van der Waals surface area contributed by atoms with Crippen molar-refractivity contribution in [3.05, 3.63) is 0 Å². The van der Waals surface area contributed by atoms with Gasteiger partial charge in [-0.2, -0.15) is 0 Å². The zero-order valence-electron chi connectivity index (χ0n) is 10.3. The summed E-state index contributed by atoms with van der Waals surface area (Å²) in [4.78, 5) is 11.5. The van der Waals surface area contributed by atoms with Crippen LogP contribution in [0.25, 0.3) is 0 Å². The number of ether oxygens (including phenoxy) is 2. The highest BCUT2D eigenvalue weighted by atomic mass is 35.5. The molecule has 0 aromatic carbocycles. The van der Waals surface area contributed by atoms with E-state index < -0.39 is 0 Å². The second kappa shape index (κ2) is 9.65. The summed E-state index contributed by atoms with van der Waals surface area (Å²) >= 11 is 0. The van der Waals surface area contributed by atoms with Crippen molar-refractivity contribution in [2.75, 3.05) is 33.5 Å². The monoisotopic (exact) mass is 266 g/mol. The quantitative estimate of drug-likeness (QED) is 0.590. The lowest BCUT2D eigenvalue weighted by Crippen LogP contribution is -2.42. The number of halogens is 1. The SMILES string of the molecule is COCCOCCC(=O)NC(CN)C1CC1.Cl. The molecule has 1 amide bonds. The van der Waals surface area contributed by atoms with E-state index in [1.54, 1.807) is 7.11 Å². The number of hydrogen-bond donors (Lipinski definition) is 2. The maximum Gasteiger partial charge on any atom is 0.222 e. The molecule has 1 unspecified atom stereocenters. The first-order valence-corrected chi connectivity index (χ1v) is 5.84. The molecule has 0 saturated heterocycles. The second-order valence-electron chi connectivity index (χ2n) is 4.10. The van der Waals surface area contributed by atoms with Crippen molar-refractivity contribution in [3.8, 4) is 0 Å². The van der Waals surface area contributed by atoms with Gasteiger partial charge in [-0.05, 0) is 18.8 Å². The molecule has 1 aliphatic carbocycles. The first-order chi connectivity index (χ1) is 7.77. The van der Waals surface area contributed by atoms with Crippen LogP contribution in [0.1, 0.15) is 19.3 Å². The first-order valence-electron chi connectivity index (χ1n) is 5.84. The Hall–Kier alpha value is -0.360. The number of carbonyl (C=O) groups is 1. The number of hydrogen-bond acceptors (Lipinski definition) is 4. The summed E-state index contributed by atoms with van der Waals surface area (Å²) in [6.45, 7) is 2.07. The van der Waals surface area contributed by atoms with E-state index in [4.69, 9.17) is 15.2 Å². The van der Waals surface area contributed by atoms with Gasteiger partial charge in [0, 0.05) is 26.1 Å². The third-order valence-corrected chi connectivity index (χ3v) is 2.70. The highest BCUT2D eigenvalue weighted by Gasteiger charge is 2.30. The van der Waals surface area contributed by atoms with Crippen molar-refractivity contribution in [2.24, 2.45) is 11.7 Å². The van der Waals surface area contributed by atoms with Gasteiger partial charge >= 0.3 is 0 Å². The fraction of sp³-hybridized carbons (Fsp3) is 0.909. The van der Waals surface area contributed by atoms with Crippen LogP contribution in [0.2, 0.25) is 0 Å². The fourth-order valence-corrected chi connectivity index (χ4v) is 1.56. The Balaban J connectivity index is 0.00000256. The van der Waals surface area contributed by atoms with Crippen LogP contribution in [0.3, 0.4) is 0 Å². The van der Waals surface area contributed by atoms with Gasteiger partial charge in [0.2, 0.25) is 5.91 Å². The van der Waals surface area contributed by atoms with Gasteiger partial charge in [-0.1, -0.05) is 0 Å². The molecule has 0 bridgehead atoms.